The van der Waals surface area contributed by atoms with Crippen LogP contribution in [0.15, 0.2) is 35.1 Å². The zero-order valence-electron chi connectivity index (χ0n) is 18.6. The highest BCUT2D eigenvalue weighted by Crippen LogP contribution is 2.17. The third-order valence-corrected chi connectivity index (χ3v) is 5.49. The summed E-state index contributed by atoms with van der Waals surface area (Å²) in [6, 6.07) is 7.74. The summed E-state index contributed by atoms with van der Waals surface area (Å²) in [7, 11) is 0. The Hall–Kier alpha value is -2.51. The Morgan fingerprint density at radius 2 is 1.94 bits per heavy atom. The molecule has 31 heavy (non-hydrogen) atoms. The Labute approximate surface area is 183 Å². The quantitative estimate of drug-likeness (QED) is 0.701. The van der Waals surface area contributed by atoms with Gasteiger partial charge in [0.15, 0.2) is 5.43 Å². The van der Waals surface area contributed by atoms with Crippen molar-refractivity contribution in [1.82, 2.24) is 14.8 Å². The molecule has 0 radical (unpaired) electrons. The summed E-state index contributed by atoms with van der Waals surface area (Å²) in [6.07, 6.45) is 1.19. The van der Waals surface area contributed by atoms with E-state index in [2.05, 4.69) is 10.2 Å². The molecule has 2 heterocycles. The first kappa shape index (κ1) is 23.2. The van der Waals surface area contributed by atoms with Gasteiger partial charge in [-0.05, 0) is 44.9 Å². The fourth-order valence-corrected chi connectivity index (χ4v) is 4.02. The average molecular weight is 430 g/mol. The highest BCUT2D eigenvalue weighted by Gasteiger charge is 2.21. The smallest absolute Gasteiger partial charge is 0.257 e. The van der Waals surface area contributed by atoms with Crippen molar-refractivity contribution in [2.75, 3.05) is 32.8 Å². The standard InChI is InChI=1S/C24H32FN3O3/c1-17(2)26-24(30)23-21(16-19-6-4-7-20(25)15-19)28(18(3)14-22(23)29)9-5-8-27-10-12-31-13-11-27/h4,6-7,14-15,17H,5,8-13,16H2,1-3H3,(H,26,30). The lowest BCUT2D eigenvalue weighted by Gasteiger charge is -2.27. The molecule has 6 nitrogen and oxygen atoms in total. The van der Waals surface area contributed by atoms with E-state index in [1.165, 1.54) is 18.2 Å². The van der Waals surface area contributed by atoms with E-state index in [4.69, 9.17) is 4.74 Å². The lowest BCUT2D eigenvalue weighted by Crippen LogP contribution is -2.38. The maximum Gasteiger partial charge on any atom is 0.257 e. The average Bonchev–Trinajstić information content (AvgIpc) is 2.70. The number of morpholine rings is 1. The zero-order valence-corrected chi connectivity index (χ0v) is 18.6. The van der Waals surface area contributed by atoms with Gasteiger partial charge in [-0.3, -0.25) is 14.5 Å². The molecule has 7 heteroatoms. The molecular weight excluding hydrogens is 397 g/mol. The van der Waals surface area contributed by atoms with Gasteiger partial charge in [0.1, 0.15) is 11.4 Å². The first-order valence-electron chi connectivity index (χ1n) is 10.9. The number of carbonyl (C=O) groups is 1. The first-order chi connectivity index (χ1) is 14.8. The van der Waals surface area contributed by atoms with Crippen LogP contribution in [0.1, 0.15) is 47.6 Å². The summed E-state index contributed by atoms with van der Waals surface area (Å²) in [5.41, 5.74) is 2.02. The van der Waals surface area contributed by atoms with Gasteiger partial charge >= 0.3 is 0 Å². The largest absolute Gasteiger partial charge is 0.379 e. The van der Waals surface area contributed by atoms with Crippen LogP contribution in [0.2, 0.25) is 0 Å². The molecule has 0 bridgehead atoms. The number of aryl methyl sites for hydroxylation is 1. The molecule has 1 aromatic carbocycles. The number of benzene rings is 1. The maximum atomic E-state index is 13.8. The molecule has 1 N–H and O–H groups in total. The number of ether oxygens (including phenoxy) is 1. The van der Waals surface area contributed by atoms with Gasteiger partial charge in [0.2, 0.25) is 0 Å². The van der Waals surface area contributed by atoms with E-state index in [-0.39, 0.29) is 28.8 Å². The summed E-state index contributed by atoms with van der Waals surface area (Å²) >= 11 is 0. The van der Waals surface area contributed by atoms with Crippen molar-refractivity contribution < 1.29 is 13.9 Å². The van der Waals surface area contributed by atoms with Crippen molar-refractivity contribution in [3.63, 3.8) is 0 Å². The molecule has 1 aliphatic heterocycles. The Kier molecular flexibility index (Phi) is 7.98. The molecule has 0 saturated carbocycles. The van der Waals surface area contributed by atoms with Gasteiger partial charge < -0.3 is 14.6 Å². The Morgan fingerprint density at radius 3 is 2.61 bits per heavy atom. The second-order valence-corrected chi connectivity index (χ2v) is 8.37. The van der Waals surface area contributed by atoms with E-state index in [1.54, 1.807) is 6.07 Å². The van der Waals surface area contributed by atoms with Gasteiger partial charge in [-0.2, -0.15) is 0 Å². The number of hydrogen-bond acceptors (Lipinski definition) is 4. The number of carbonyl (C=O) groups excluding carboxylic acids is 1. The fourth-order valence-electron chi connectivity index (χ4n) is 4.02. The van der Waals surface area contributed by atoms with Gasteiger partial charge in [-0.1, -0.05) is 12.1 Å². The summed E-state index contributed by atoms with van der Waals surface area (Å²) in [4.78, 5) is 28.1. The molecule has 2 aromatic rings. The Bertz CT molecular complexity index is 965. The number of rotatable bonds is 8. The highest BCUT2D eigenvalue weighted by molar-refractivity contribution is 5.95. The van der Waals surface area contributed by atoms with Crippen LogP contribution in [0.25, 0.3) is 0 Å². The van der Waals surface area contributed by atoms with Gasteiger partial charge in [0, 0.05) is 56.1 Å². The van der Waals surface area contributed by atoms with Crippen LogP contribution in [0.4, 0.5) is 4.39 Å². The zero-order chi connectivity index (χ0) is 22.4. The van der Waals surface area contributed by atoms with Crippen molar-refractivity contribution in [3.8, 4) is 0 Å². The van der Waals surface area contributed by atoms with Gasteiger partial charge in [0.05, 0.1) is 13.2 Å². The molecule has 3 rings (SSSR count). The van der Waals surface area contributed by atoms with Crippen LogP contribution >= 0.6 is 0 Å². The van der Waals surface area contributed by atoms with E-state index in [0.29, 0.717) is 18.7 Å². The Morgan fingerprint density at radius 1 is 1.19 bits per heavy atom. The van der Waals surface area contributed by atoms with E-state index in [1.807, 2.05) is 31.4 Å². The molecule has 1 aliphatic rings. The van der Waals surface area contributed by atoms with Gasteiger partial charge in [-0.15, -0.1) is 0 Å². The second-order valence-electron chi connectivity index (χ2n) is 8.37. The van der Waals surface area contributed by atoms with Crippen molar-refractivity contribution in [1.29, 1.82) is 0 Å². The molecule has 1 fully saturated rings. The van der Waals surface area contributed by atoms with E-state index < -0.39 is 0 Å². The molecule has 0 spiro atoms. The van der Waals surface area contributed by atoms with Crippen LogP contribution in [0.5, 0.6) is 0 Å². The van der Waals surface area contributed by atoms with Crippen LogP contribution in [0.3, 0.4) is 0 Å². The van der Waals surface area contributed by atoms with Crippen molar-refractivity contribution in [2.24, 2.45) is 0 Å². The Balaban J connectivity index is 1.94. The molecule has 1 aromatic heterocycles. The predicted octanol–water partition coefficient (Wildman–Crippen LogP) is 2.75. The molecular formula is C24H32FN3O3. The second kappa shape index (κ2) is 10.7. The lowest BCUT2D eigenvalue weighted by atomic mass is 10.0. The van der Waals surface area contributed by atoms with Gasteiger partial charge in [-0.25, -0.2) is 4.39 Å². The number of pyridine rings is 1. The molecule has 0 aliphatic carbocycles. The minimum atomic E-state index is -0.381. The third kappa shape index (κ3) is 6.24. The van der Waals surface area contributed by atoms with Crippen LogP contribution in [0, 0.1) is 12.7 Å². The minimum absolute atomic E-state index is 0.0926. The lowest BCUT2D eigenvalue weighted by molar-refractivity contribution is 0.0369. The van der Waals surface area contributed by atoms with E-state index in [9.17, 15) is 14.0 Å². The summed E-state index contributed by atoms with van der Waals surface area (Å²) in [5, 5.41) is 2.84. The van der Waals surface area contributed by atoms with Crippen LogP contribution in [-0.2, 0) is 17.7 Å². The molecule has 1 saturated heterocycles. The highest BCUT2D eigenvalue weighted by atomic mass is 19.1. The first-order valence-corrected chi connectivity index (χ1v) is 10.9. The topological polar surface area (TPSA) is 63.6 Å². The fraction of sp³-hybridized carbons (Fsp3) is 0.500. The normalized spacial score (nSPS) is 14.7. The third-order valence-electron chi connectivity index (χ3n) is 5.49. The van der Waals surface area contributed by atoms with Crippen molar-refractivity contribution in [3.05, 3.63) is 68.9 Å². The SMILES string of the molecule is Cc1cc(=O)c(C(=O)NC(C)C)c(Cc2cccc(F)c2)n1CCCN1CCOCC1. The monoisotopic (exact) mass is 429 g/mol. The summed E-state index contributed by atoms with van der Waals surface area (Å²) < 4.78 is 21.3. The number of amides is 1. The minimum Gasteiger partial charge on any atom is -0.379 e. The van der Waals surface area contributed by atoms with Crippen molar-refractivity contribution in [2.45, 2.75) is 46.2 Å². The van der Waals surface area contributed by atoms with Crippen molar-refractivity contribution >= 4 is 5.91 Å². The summed E-state index contributed by atoms with van der Waals surface area (Å²) in [5.74, 6) is -0.715. The van der Waals surface area contributed by atoms with E-state index in [0.717, 1.165) is 50.5 Å². The summed E-state index contributed by atoms with van der Waals surface area (Å²) in [6.45, 7) is 10.5. The number of nitrogens with one attached hydrogen (secondary N) is 1. The van der Waals surface area contributed by atoms with Gasteiger partial charge in [0.25, 0.3) is 5.91 Å². The number of halogens is 1. The number of nitrogens with zero attached hydrogens (tertiary/aromatic N) is 2. The van der Waals surface area contributed by atoms with E-state index >= 15 is 0 Å². The van der Waals surface area contributed by atoms with Crippen LogP contribution in [-0.4, -0.2) is 54.3 Å². The maximum absolute atomic E-state index is 13.8. The predicted molar refractivity (Wildman–Crippen MR) is 119 cm³/mol. The molecule has 168 valence electrons. The number of aromatic nitrogens is 1. The van der Waals surface area contributed by atoms with Crippen LogP contribution < -0.4 is 10.7 Å². The molecule has 0 unspecified atom stereocenters. The molecule has 0 atom stereocenters. The number of hydrogen-bond donors (Lipinski definition) is 1. The molecule has 1 amide bonds.